The highest BCUT2D eigenvalue weighted by Gasteiger charge is 2.41. The van der Waals surface area contributed by atoms with Crippen LogP contribution in [-0.4, -0.2) is 31.0 Å². The van der Waals surface area contributed by atoms with E-state index in [0.717, 1.165) is 106 Å². The lowest BCUT2D eigenvalue weighted by molar-refractivity contribution is 0.694. The molecule has 11 aromatic carbocycles. The molecule has 21 rings (SSSR count). The zero-order valence-corrected chi connectivity index (χ0v) is 53.9. The van der Waals surface area contributed by atoms with Crippen molar-refractivity contribution < 1.29 is 0 Å². The van der Waals surface area contributed by atoms with E-state index in [2.05, 4.69) is 211 Å². The fourth-order valence-corrected chi connectivity index (χ4v) is 18.9. The van der Waals surface area contributed by atoms with Crippen LogP contribution in [0.4, 0.5) is 5.69 Å². The molecule has 5 heterocycles. The average Bonchev–Trinajstić information content (AvgIpc) is 1.49. The van der Waals surface area contributed by atoms with Gasteiger partial charge < -0.3 is 5.32 Å². The van der Waals surface area contributed by atoms with Crippen LogP contribution >= 0.6 is 0 Å². The minimum Gasteiger partial charge on any atom is -0.379 e. The summed E-state index contributed by atoms with van der Waals surface area (Å²) in [6.45, 7) is 2.93. The highest BCUT2D eigenvalue weighted by Crippen LogP contribution is 2.60. The summed E-state index contributed by atoms with van der Waals surface area (Å²) >= 11 is 0. The van der Waals surface area contributed by atoms with Crippen molar-refractivity contribution in [3.63, 3.8) is 0 Å². The maximum Gasteiger partial charge on any atom is 0.235 e. The quantitative estimate of drug-likeness (QED) is 0.182. The summed E-state index contributed by atoms with van der Waals surface area (Å²) in [5.74, 6) is 0.824. The Hall–Kier alpha value is -12.1. The van der Waals surface area contributed by atoms with E-state index in [4.69, 9.17) is 19.9 Å². The number of aryl methyl sites for hydroxylation is 1. The van der Waals surface area contributed by atoms with Gasteiger partial charge in [-0.2, -0.15) is 10.5 Å². The van der Waals surface area contributed by atoms with Crippen molar-refractivity contribution in [2.45, 2.75) is 69.6 Å². The summed E-state index contributed by atoms with van der Waals surface area (Å²) in [4.78, 5) is 21.6. The van der Waals surface area contributed by atoms with Crippen LogP contribution < -0.4 is 5.32 Å². The van der Waals surface area contributed by atoms with Gasteiger partial charge in [0.25, 0.3) is 0 Å². The normalized spacial score (nSPS) is 16.3. The Bertz CT molecular complexity index is 6230. The van der Waals surface area contributed by atoms with Crippen molar-refractivity contribution in [3.05, 3.63) is 291 Å². The van der Waals surface area contributed by atoms with E-state index in [0.29, 0.717) is 35.0 Å². The molecule has 8 heteroatoms. The van der Waals surface area contributed by atoms with Crippen molar-refractivity contribution in [2.24, 2.45) is 0 Å². The molecule has 0 radical (unpaired) electrons. The molecule has 3 atom stereocenters. The Balaban J connectivity index is 0.817. The summed E-state index contributed by atoms with van der Waals surface area (Å²) in [6, 6.07) is 81.9. The Morgan fingerprint density at radius 2 is 1.18 bits per heavy atom. The van der Waals surface area contributed by atoms with Crippen molar-refractivity contribution in [3.8, 4) is 96.1 Å². The number of pyridine rings is 2. The molecule has 5 aliphatic carbocycles. The maximum absolute atomic E-state index is 10.9. The highest BCUT2D eigenvalue weighted by molar-refractivity contribution is 6.18. The second-order valence-corrected chi connectivity index (χ2v) is 27.6. The lowest BCUT2D eigenvalue weighted by atomic mass is 9.73. The minimum atomic E-state index is -0.0686. The van der Waals surface area contributed by atoms with Gasteiger partial charge >= 0.3 is 0 Å². The molecule has 15 aromatic rings. The Morgan fingerprint density at radius 1 is 0.510 bits per heavy atom. The largest absolute Gasteiger partial charge is 0.379 e. The number of aromatic nitrogens is 5. The van der Waals surface area contributed by atoms with Crippen LogP contribution in [0.2, 0.25) is 0 Å². The average molecular weight is 1250 g/mol. The van der Waals surface area contributed by atoms with Crippen LogP contribution in [0.3, 0.4) is 0 Å². The molecule has 0 saturated heterocycles. The number of hydrogen-bond acceptors (Lipinski definition) is 7. The Labute approximate surface area is 566 Å². The zero-order chi connectivity index (χ0) is 64.6. The SMILES string of the molecule is CCc1c(C2CCc3ccccc3-c3cc4c5c(c32)-c2ccc3cc(-c6ccc7c8cc9c%10c(c8n(-c8nc(-c%11ccc(C#N)cc%11)c%11ncccc%11n8)c7c6)-c6ccc7ccccc7c6C(CC%10)c6ccccc6-9)ccc3c2C(CC5)c2ccccc2-4)nc(C#N)c2c1C=CCN2. The van der Waals surface area contributed by atoms with E-state index in [-0.39, 0.29) is 17.8 Å². The van der Waals surface area contributed by atoms with Crippen LogP contribution in [0.1, 0.15) is 117 Å². The number of hydrogen-bond donors (Lipinski definition) is 1. The molecule has 98 heavy (non-hydrogen) atoms. The van der Waals surface area contributed by atoms with E-state index in [9.17, 15) is 10.5 Å². The summed E-state index contributed by atoms with van der Waals surface area (Å²) in [6.07, 6.45) is 12.6. The first-order chi connectivity index (χ1) is 48.5. The van der Waals surface area contributed by atoms with Gasteiger partial charge in [0, 0.05) is 58.0 Å². The van der Waals surface area contributed by atoms with E-state index in [1.165, 1.54) is 127 Å². The molecule has 4 aromatic heterocycles. The van der Waals surface area contributed by atoms with Crippen LogP contribution in [-0.2, 0) is 25.7 Å². The Kier molecular flexibility index (Phi) is 11.8. The molecule has 1 aliphatic heterocycles. The van der Waals surface area contributed by atoms with E-state index in [1.54, 1.807) is 0 Å². The molecular weight excluding hydrogens is 1190 g/mol. The van der Waals surface area contributed by atoms with Gasteiger partial charge in [0.15, 0.2) is 5.69 Å². The van der Waals surface area contributed by atoms with Crippen molar-refractivity contribution in [1.82, 2.24) is 24.5 Å². The number of benzene rings is 11. The minimum absolute atomic E-state index is 0.0686. The monoisotopic (exact) mass is 1250 g/mol. The molecule has 3 unspecified atom stereocenters. The number of fused-ring (bicyclic) bond motifs is 30. The number of nitrogens with zero attached hydrogens (tertiary/aromatic N) is 7. The summed E-state index contributed by atoms with van der Waals surface area (Å²) < 4.78 is 2.38. The standard InChI is InChI=1S/C90H60N8/c1-2-56-69-21-11-41-93-87(69)78(48-92)95-86(56)72-36-28-50-13-3-5-15-57(50)75-45-73-62-19-9-7-17-60(62)66-37-39-67(73)82(83(72)75)70-35-31-55-43-53(29-32-59(55)81(66)70)54-30-33-64-76-46-74-63-20-10-8-18-61(63)65-38-40-68(74)84(71-34-27-51-14-4-6-16-58(51)80(65)71)89(76)98(79(64)44-54)90-96-77-22-12-42-94-88(77)85(97-90)52-25-23-49(47-91)24-26-52/h3-27,29-35,42-46,65-66,72,93H,2,28,36-41H2,1H3. The number of rotatable bonds is 5. The predicted molar refractivity (Wildman–Crippen MR) is 396 cm³/mol. The third kappa shape index (κ3) is 7.74. The molecule has 0 saturated carbocycles. The van der Waals surface area contributed by atoms with Crippen LogP contribution in [0.15, 0.2) is 219 Å². The van der Waals surface area contributed by atoms with Gasteiger partial charge in [-0.3, -0.25) is 9.55 Å². The fraction of sp³-hybridized carbons (Fsp3) is 0.133. The first kappa shape index (κ1) is 55.2. The van der Waals surface area contributed by atoms with Gasteiger partial charge in [0.1, 0.15) is 17.3 Å². The Morgan fingerprint density at radius 3 is 1.97 bits per heavy atom. The van der Waals surface area contributed by atoms with E-state index in [1.807, 2.05) is 42.6 Å². The molecule has 0 amide bonds. The zero-order valence-electron chi connectivity index (χ0n) is 53.9. The van der Waals surface area contributed by atoms with Crippen LogP contribution in [0.25, 0.3) is 144 Å². The van der Waals surface area contributed by atoms with Crippen molar-refractivity contribution >= 4 is 66.1 Å². The molecule has 1 N–H and O–H groups in total. The third-order valence-electron chi connectivity index (χ3n) is 23.0. The molecule has 0 spiro atoms. The van der Waals surface area contributed by atoms with Gasteiger partial charge in [-0.1, -0.05) is 177 Å². The molecular formula is C90H60N8. The van der Waals surface area contributed by atoms with E-state index < -0.39 is 0 Å². The molecule has 8 nitrogen and oxygen atoms in total. The lowest BCUT2D eigenvalue weighted by Gasteiger charge is -2.31. The smallest absolute Gasteiger partial charge is 0.235 e. The first-order valence-corrected chi connectivity index (χ1v) is 34.7. The molecule has 4 bridgehead atoms. The van der Waals surface area contributed by atoms with Crippen LogP contribution in [0, 0.1) is 22.7 Å². The highest BCUT2D eigenvalue weighted by atomic mass is 15.2. The van der Waals surface area contributed by atoms with Gasteiger partial charge in [-0.15, -0.1) is 0 Å². The van der Waals surface area contributed by atoms with Gasteiger partial charge in [0.2, 0.25) is 5.95 Å². The second-order valence-electron chi connectivity index (χ2n) is 27.6. The third-order valence-corrected chi connectivity index (χ3v) is 23.0. The summed E-state index contributed by atoms with van der Waals surface area (Å²) in [5.41, 5.74) is 36.6. The molecule has 460 valence electrons. The first-order valence-electron chi connectivity index (χ1n) is 34.7. The van der Waals surface area contributed by atoms with Crippen molar-refractivity contribution in [1.29, 1.82) is 10.5 Å². The van der Waals surface area contributed by atoms with Crippen molar-refractivity contribution in [2.75, 3.05) is 11.9 Å². The predicted octanol–water partition coefficient (Wildman–Crippen LogP) is 21.1. The second kappa shape index (κ2) is 20.9. The summed E-state index contributed by atoms with van der Waals surface area (Å²) in [7, 11) is 0. The van der Waals surface area contributed by atoms with Gasteiger partial charge in [-0.25, -0.2) is 15.0 Å². The topological polar surface area (TPSA) is 116 Å². The lowest BCUT2D eigenvalue weighted by Crippen LogP contribution is -2.17. The molecule has 6 aliphatic rings. The van der Waals surface area contributed by atoms with Crippen LogP contribution in [0.5, 0.6) is 0 Å². The van der Waals surface area contributed by atoms with E-state index >= 15 is 0 Å². The van der Waals surface area contributed by atoms with Gasteiger partial charge in [0.05, 0.1) is 39.6 Å². The number of nitriles is 2. The summed E-state index contributed by atoms with van der Waals surface area (Å²) in [5, 5.41) is 31.6. The fourth-order valence-electron chi connectivity index (χ4n) is 18.9. The number of nitrogens with one attached hydrogen (secondary N) is 1. The maximum atomic E-state index is 10.9. The molecule has 0 fully saturated rings. The van der Waals surface area contributed by atoms with Gasteiger partial charge in [-0.05, 0) is 226 Å². The number of anilines is 1.